The molecule has 0 saturated heterocycles. The lowest BCUT2D eigenvalue weighted by molar-refractivity contribution is 0.232. The molecule has 0 radical (unpaired) electrons. The van der Waals surface area contributed by atoms with Crippen molar-refractivity contribution in [1.82, 2.24) is 0 Å². The topological polar surface area (TPSA) is 26.0 Å². The van der Waals surface area contributed by atoms with E-state index in [-0.39, 0.29) is 17.3 Å². The summed E-state index contributed by atoms with van der Waals surface area (Å²) in [4.78, 5) is 0. The lowest BCUT2D eigenvalue weighted by Crippen LogP contribution is -2.30. The van der Waals surface area contributed by atoms with Crippen molar-refractivity contribution in [3.8, 4) is 0 Å². The van der Waals surface area contributed by atoms with Gasteiger partial charge in [-0.05, 0) is 47.9 Å². The standard InChI is InChI=1S/C15H23F2N/c1-10(15(2,3)4)7-13(18)9-11-8-12(16)5-6-14(11)17/h5-6,8,10,13H,7,9,18H2,1-4H3. The average molecular weight is 255 g/mol. The fourth-order valence-corrected chi connectivity index (χ4v) is 1.87. The van der Waals surface area contributed by atoms with Crippen molar-refractivity contribution in [3.63, 3.8) is 0 Å². The van der Waals surface area contributed by atoms with Crippen molar-refractivity contribution < 1.29 is 8.78 Å². The molecule has 1 rings (SSSR count). The van der Waals surface area contributed by atoms with Gasteiger partial charge in [0.05, 0.1) is 0 Å². The van der Waals surface area contributed by atoms with Gasteiger partial charge in [-0.3, -0.25) is 0 Å². The predicted octanol–water partition coefficient (Wildman–Crippen LogP) is 3.91. The monoisotopic (exact) mass is 255 g/mol. The second-order valence-corrected chi connectivity index (χ2v) is 6.20. The molecule has 0 amide bonds. The lowest BCUT2D eigenvalue weighted by Gasteiger charge is -2.29. The Hall–Kier alpha value is -0.960. The van der Waals surface area contributed by atoms with Crippen molar-refractivity contribution in [1.29, 1.82) is 0 Å². The van der Waals surface area contributed by atoms with E-state index in [2.05, 4.69) is 27.7 Å². The second kappa shape index (κ2) is 5.79. The first kappa shape index (κ1) is 15.1. The van der Waals surface area contributed by atoms with E-state index in [1.165, 1.54) is 6.07 Å². The zero-order valence-electron chi connectivity index (χ0n) is 11.6. The highest BCUT2D eigenvalue weighted by Crippen LogP contribution is 2.29. The van der Waals surface area contributed by atoms with Crippen LogP contribution >= 0.6 is 0 Å². The molecule has 0 bridgehead atoms. The van der Waals surface area contributed by atoms with E-state index in [4.69, 9.17) is 5.73 Å². The third kappa shape index (κ3) is 4.37. The van der Waals surface area contributed by atoms with Crippen LogP contribution in [0.1, 0.15) is 39.7 Å². The summed E-state index contributed by atoms with van der Waals surface area (Å²) in [5.41, 5.74) is 6.58. The van der Waals surface area contributed by atoms with E-state index >= 15 is 0 Å². The molecule has 0 aromatic heterocycles. The SMILES string of the molecule is CC(CC(N)Cc1cc(F)ccc1F)C(C)(C)C. The van der Waals surface area contributed by atoms with Gasteiger partial charge in [0.2, 0.25) is 0 Å². The van der Waals surface area contributed by atoms with E-state index in [0.717, 1.165) is 18.6 Å². The van der Waals surface area contributed by atoms with Crippen LogP contribution in [-0.4, -0.2) is 6.04 Å². The molecule has 1 nitrogen and oxygen atoms in total. The summed E-state index contributed by atoms with van der Waals surface area (Å²) >= 11 is 0. The van der Waals surface area contributed by atoms with Crippen LogP contribution in [0.4, 0.5) is 8.78 Å². The normalized spacial score (nSPS) is 15.5. The van der Waals surface area contributed by atoms with Gasteiger partial charge in [0, 0.05) is 6.04 Å². The van der Waals surface area contributed by atoms with Gasteiger partial charge in [-0.15, -0.1) is 0 Å². The van der Waals surface area contributed by atoms with Gasteiger partial charge < -0.3 is 5.73 Å². The maximum absolute atomic E-state index is 13.5. The molecule has 102 valence electrons. The van der Waals surface area contributed by atoms with Crippen LogP contribution < -0.4 is 5.73 Å². The Balaban J connectivity index is 2.65. The van der Waals surface area contributed by atoms with Crippen molar-refractivity contribution in [3.05, 3.63) is 35.4 Å². The second-order valence-electron chi connectivity index (χ2n) is 6.20. The van der Waals surface area contributed by atoms with E-state index in [1.807, 2.05) is 0 Å². The minimum absolute atomic E-state index is 0.143. The smallest absolute Gasteiger partial charge is 0.126 e. The molecule has 0 spiro atoms. The first-order chi connectivity index (χ1) is 8.20. The number of nitrogens with two attached hydrogens (primary N) is 1. The number of rotatable bonds is 4. The Bertz CT molecular complexity index is 396. The molecule has 1 aromatic carbocycles. The Morgan fingerprint density at radius 3 is 2.39 bits per heavy atom. The van der Waals surface area contributed by atoms with Crippen LogP contribution in [0.3, 0.4) is 0 Å². The molecule has 0 heterocycles. The summed E-state index contributed by atoms with van der Waals surface area (Å²) in [5.74, 6) is -0.359. The molecule has 0 aliphatic heterocycles. The molecular weight excluding hydrogens is 232 g/mol. The molecule has 0 aliphatic rings. The van der Waals surface area contributed by atoms with Gasteiger partial charge in [-0.1, -0.05) is 27.7 Å². The van der Waals surface area contributed by atoms with Crippen LogP contribution in [0, 0.1) is 23.0 Å². The zero-order chi connectivity index (χ0) is 13.9. The zero-order valence-corrected chi connectivity index (χ0v) is 11.6. The van der Waals surface area contributed by atoms with E-state index < -0.39 is 5.82 Å². The maximum atomic E-state index is 13.5. The molecule has 0 fully saturated rings. The van der Waals surface area contributed by atoms with E-state index in [9.17, 15) is 8.78 Å². The third-order valence-electron chi connectivity index (χ3n) is 3.62. The quantitative estimate of drug-likeness (QED) is 0.867. The van der Waals surface area contributed by atoms with Crippen molar-refractivity contribution in [2.45, 2.75) is 46.6 Å². The van der Waals surface area contributed by atoms with Gasteiger partial charge in [0.15, 0.2) is 0 Å². The van der Waals surface area contributed by atoms with Gasteiger partial charge in [0.25, 0.3) is 0 Å². The van der Waals surface area contributed by atoms with Crippen LogP contribution in [-0.2, 0) is 6.42 Å². The van der Waals surface area contributed by atoms with Gasteiger partial charge in [0.1, 0.15) is 11.6 Å². The third-order valence-corrected chi connectivity index (χ3v) is 3.62. The number of halogens is 2. The minimum Gasteiger partial charge on any atom is -0.327 e. The largest absolute Gasteiger partial charge is 0.327 e. The summed E-state index contributed by atoms with van der Waals surface area (Å²) in [6.07, 6.45) is 1.18. The molecule has 2 N–H and O–H groups in total. The average Bonchev–Trinajstić information content (AvgIpc) is 2.22. The van der Waals surface area contributed by atoms with Crippen LogP contribution in [0.25, 0.3) is 0 Å². The molecule has 18 heavy (non-hydrogen) atoms. The van der Waals surface area contributed by atoms with E-state index in [0.29, 0.717) is 17.9 Å². The fraction of sp³-hybridized carbons (Fsp3) is 0.600. The Kier molecular flexibility index (Phi) is 4.85. The first-order valence-corrected chi connectivity index (χ1v) is 6.39. The number of hydrogen-bond acceptors (Lipinski definition) is 1. The van der Waals surface area contributed by atoms with Crippen LogP contribution in [0.15, 0.2) is 18.2 Å². The summed E-state index contributed by atoms with van der Waals surface area (Å²) in [5, 5.41) is 0. The predicted molar refractivity (Wildman–Crippen MR) is 71.3 cm³/mol. The summed E-state index contributed by atoms with van der Waals surface area (Å²) in [7, 11) is 0. The van der Waals surface area contributed by atoms with Crippen LogP contribution in [0.2, 0.25) is 0 Å². The van der Waals surface area contributed by atoms with Crippen molar-refractivity contribution in [2.75, 3.05) is 0 Å². The van der Waals surface area contributed by atoms with Gasteiger partial charge >= 0.3 is 0 Å². The Labute approximate surface area is 108 Å². The molecular formula is C15H23F2N. The molecule has 1 aromatic rings. The first-order valence-electron chi connectivity index (χ1n) is 6.39. The highest BCUT2D eigenvalue weighted by molar-refractivity contribution is 5.19. The molecule has 2 atom stereocenters. The molecule has 2 unspecified atom stereocenters. The Morgan fingerprint density at radius 2 is 1.83 bits per heavy atom. The van der Waals surface area contributed by atoms with E-state index in [1.54, 1.807) is 0 Å². The number of hydrogen-bond donors (Lipinski definition) is 1. The fourth-order valence-electron chi connectivity index (χ4n) is 1.87. The van der Waals surface area contributed by atoms with Crippen LogP contribution in [0.5, 0.6) is 0 Å². The lowest BCUT2D eigenvalue weighted by atomic mass is 9.78. The van der Waals surface area contributed by atoms with Crippen molar-refractivity contribution in [2.24, 2.45) is 17.1 Å². The Morgan fingerprint density at radius 1 is 1.22 bits per heavy atom. The molecule has 0 aliphatic carbocycles. The number of benzene rings is 1. The summed E-state index contributed by atoms with van der Waals surface area (Å²) < 4.78 is 26.5. The molecule has 3 heteroatoms. The van der Waals surface area contributed by atoms with Crippen molar-refractivity contribution >= 4 is 0 Å². The maximum Gasteiger partial charge on any atom is 0.126 e. The molecule has 0 saturated carbocycles. The highest BCUT2D eigenvalue weighted by atomic mass is 19.1. The summed E-state index contributed by atoms with van der Waals surface area (Å²) in [6, 6.07) is 3.37. The summed E-state index contributed by atoms with van der Waals surface area (Å²) in [6.45, 7) is 8.62. The van der Waals surface area contributed by atoms with Gasteiger partial charge in [-0.2, -0.15) is 0 Å². The highest BCUT2D eigenvalue weighted by Gasteiger charge is 2.22. The van der Waals surface area contributed by atoms with Gasteiger partial charge in [-0.25, -0.2) is 8.78 Å². The minimum atomic E-state index is -0.414.